The van der Waals surface area contributed by atoms with Gasteiger partial charge < -0.3 is 19.3 Å². The Kier molecular flexibility index (Phi) is 6.72. The number of likely N-dealkylation sites (tertiary alicyclic amines) is 1. The Hall–Kier alpha value is -1.49. The summed E-state index contributed by atoms with van der Waals surface area (Å²) >= 11 is 0. The lowest BCUT2D eigenvalue weighted by atomic mass is 9.81. The molecule has 0 N–H and O–H groups in total. The van der Waals surface area contributed by atoms with Gasteiger partial charge in [-0.25, -0.2) is 0 Å². The predicted molar refractivity (Wildman–Crippen MR) is 95.5 cm³/mol. The van der Waals surface area contributed by atoms with Crippen molar-refractivity contribution in [2.24, 2.45) is 5.41 Å². The smallest absolute Gasteiger partial charge is 0.236 e. The summed E-state index contributed by atoms with van der Waals surface area (Å²) in [5, 5.41) is 0. The molecule has 136 valence electrons. The number of ether oxygens (including phenoxy) is 2. The summed E-state index contributed by atoms with van der Waals surface area (Å²) in [6.45, 7) is 2.81. The number of carbonyl (C=O) groups is 1. The largest absolute Gasteiger partial charge is 0.501 e. The minimum atomic E-state index is -0.556. The van der Waals surface area contributed by atoms with E-state index < -0.39 is 5.41 Å². The van der Waals surface area contributed by atoms with E-state index in [1.165, 1.54) is 19.3 Å². The average molecular weight is 336 g/mol. The Balaban J connectivity index is 1.86. The molecule has 1 saturated heterocycles. The minimum Gasteiger partial charge on any atom is -0.501 e. The van der Waals surface area contributed by atoms with Gasteiger partial charge in [0.2, 0.25) is 5.91 Å². The summed E-state index contributed by atoms with van der Waals surface area (Å²) in [6, 6.07) is 0. The highest BCUT2D eigenvalue weighted by molar-refractivity contribution is 5.89. The van der Waals surface area contributed by atoms with E-state index in [-0.39, 0.29) is 5.91 Å². The highest BCUT2D eigenvalue weighted by Gasteiger charge is 2.45. The van der Waals surface area contributed by atoms with E-state index in [0.717, 1.165) is 44.0 Å². The second kappa shape index (κ2) is 8.56. The molecule has 2 aliphatic rings. The molecule has 0 radical (unpaired) electrons. The fourth-order valence-electron chi connectivity index (χ4n) is 3.54. The lowest BCUT2D eigenvalue weighted by Gasteiger charge is -2.27. The van der Waals surface area contributed by atoms with Crippen LogP contribution in [0.4, 0.5) is 0 Å². The van der Waals surface area contributed by atoms with E-state index in [9.17, 15) is 4.79 Å². The van der Waals surface area contributed by atoms with E-state index >= 15 is 0 Å². The molecule has 0 unspecified atom stereocenters. The fraction of sp³-hybridized carbons (Fsp3) is 0.737. The summed E-state index contributed by atoms with van der Waals surface area (Å²) in [4.78, 5) is 17.2. The number of amides is 1. The van der Waals surface area contributed by atoms with Crippen molar-refractivity contribution >= 4 is 5.91 Å². The van der Waals surface area contributed by atoms with Crippen molar-refractivity contribution in [1.29, 1.82) is 0 Å². The highest BCUT2D eigenvalue weighted by Crippen LogP contribution is 2.41. The van der Waals surface area contributed by atoms with Crippen molar-refractivity contribution in [2.45, 2.75) is 38.5 Å². The van der Waals surface area contributed by atoms with Crippen molar-refractivity contribution < 1.29 is 14.3 Å². The quantitative estimate of drug-likeness (QED) is 0.607. The van der Waals surface area contributed by atoms with Crippen LogP contribution < -0.4 is 0 Å². The lowest BCUT2D eigenvalue weighted by Crippen LogP contribution is -2.34. The monoisotopic (exact) mass is 336 g/mol. The van der Waals surface area contributed by atoms with Gasteiger partial charge in [0.25, 0.3) is 0 Å². The Morgan fingerprint density at radius 1 is 1.08 bits per heavy atom. The van der Waals surface area contributed by atoms with Crippen molar-refractivity contribution in [2.75, 3.05) is 47.9 Å². The molecule has 5 nitrogen and oxygen atoms in total. The summed E-state index contributed by atoms with van der Waals surface area (Å²) in [7, 11) is 7.53. The van der Waals surface area contributed by atoms with Gasteiger partial charge in [-0.2, -0.15) is 0 Å². The standard InChI is InChI=1S/C19H32N2O3/c1-20(2)10-7-5-6-8-11-21-12-9-19(18(21)22)14-16(23-3)13-17(15-19)24-4/h14-15H,5-13H2,1-4H3. The summed E-state index contributed by atoms with van der Waals surface area (Å²) in [5.74, 6) is 1.85. The van der Waals surface area contributed by atoms with E-state index in [1.807, 2.05) is 17.1 Å². The minimum absolute atomic E-state index is 0.194. The zero-order valence-corrected chi connectivity index (χ0v) is 15.6. The third-order valence-electron chi connectivity index (χ3n) is 4.97. The molecule has 0 atom stereocenters. The van der Waals surface area contributed by atoms with Crippen molar-refractivity contribution in [1.82, 2.24) is 9.80 Å². The first-order valence-corrected chi connectivity index (χ1v) is 8.96. The van der Waals surface area contributed by atoms with Crippen LogP contribution in [0.1, 0.15) is 38.5 Å². The number of nitrogens with zero attached hydrogens (tertiary/aromatic N) is 2. The third kappa shape index (κ3) is 4.53. The van der Waals surface area contributed by atoms with E-state index in [2.05, 4.69) is 19.0 Å². The summed E-state index contributed by atoms with van der Waals surface area (Å²) in [5.41, 5.74) is -0.556. The first kappa shape index (κ1) is 18.8. The van der Waals surface area contributed by atoms with Crippen LogP contribution in [-0.2, 0) is 14.3 Å². The van der Waals surface area contributed by atoms with Crippen molar-refractivity contribution in [3.8, 4) is 0 Å². The zero-order valence-electron chi connectivity index (χ0n) is 15.6. The maximum atomic E-state index is 12.9. The number of carbonyl (C=O) groups excluding carboxylic acids is 1. The van der Waals surface area contributed by atoms with Crippen LogP contribution in [0, 0.1) is 5.41 Å². The molecule has 0 saturated carbocycles. The molecule has 0 aromatic rings. The van der Waals surface area contributed by atoms with Crippen molar-refractivity contribution in [3.05, 3.63) is 23.7 Å². The Morgan fingerprint density at radius 3 is 2.29 bits per heavy atom. The van der Waals surface area contributed by atoms with Crippen molar-refractivity contribution in [3.63, 3.8) is 0 Å². The van der Waals surface area contributed by atoms with Gasteiger partial charge >= 0.3 is 0 Å². The molecular weight excluding hydrogens is 304 g/mol. The first-order chi connectivity index (χ1) is 11.5. The topological polar surface area (TPSA) is 42.0 Å². The number of rotatable bonds is 9. The number of unbranched alkanes of at least 4 members (excludes halogenated alkanes) is 3. The van der Waals surface area contributed by atoms with Crippen LogP contribution >= 0.6 is 0 Å². The summed E-state index contributed by atoms with van der Waals surface area (Å²) in [6.07, 6.45) is 10.2. The molecule has 1 fully saturated rings. The molecule has 24 heavy (non-hydrogen) atoms. The first-order valence-electron chi connectivity index (χ1n) is 8.96. The third-order valence-corrected chi connectivity index (χ3v) is 4.97. The van der Waals surface area contributed by atoms with Crippen LogP contribution in [0.3, 0.4) is 0 Å². The number of methoxy groups -OCH3 is 2. The highest BCUT2D eigenvalue weighted by atomic mass is 16.5. The van der Waals surface area contributed by atoms with E-state index in [1.54, 1.807) is 14.2 Å². The van der Waals surface area contributed by atoms with Crippen LogP contribution in [0.15, 0.2) is 23.7 Å². The molecule has 0 aromatic heterocycles. The van der Waals surface area contributed by atoms with Crippen LogP contribution in [0.2, 0.25) is 0 Å². The van der Waals surface area contributed by atoms with Gasteiger partial charge in [-0.3, -0.25) is 4.79 Å². The molecule has 1 amide bonds. The van der Waals surface area contributed by atoms with Crippen LogP contribution in [0.25, 0.3) is 0 Å². The number of hydrogen-bond acceptors (Lipinski definition) is 4. The molecule has 1 heterocycles. The summed E-state index contributed by atoms with van der Waals surface area (Å²) < 4.78 is 10.8. The molecule has 5 heteroatoms. The maximum Gasteiger partial charge on any atom is 0.236 e. The molecule has 2 rings (SSSR count). The fourth-order valence-corrected chi connectivity index (χ4v) is 3.54. The second-order valence-corrected chi connectivity index (χ2v) is 7.11. The van der Waals surface area contributed by atoms with Crippen LogP contribution in [0.5, 0.6) is 0 Å². The van der Waals surface area contributed by atoms with E-state index in [0.29, 0.717) is 6.42 Å². The zero-order chi connectivity index (χ0) is 17.6. The number of hydrogen-bond donors (Lipinski definition) is 0. The van der Waals surface area contributed by atoms with Gasteiger partial charge in [-0.05, 0) is 52.1 Å². The average Bonchev–Trinajstić information content (AvgIpc) is 2.86. The molecular formula is C19H32N2O3. The lowest BCUT2D eigenvalue weighted by molar-refractivity contribution is -0.132. The van der Waals surface area contributed by atoms with E-state index in [4.69, 9.17) is 9.47 Å². The van der Waals surface area contributed by atoms with Gasteiger partial charge in [0.1, 0.15) is 11.5 Å². The molecule has 1 aliphatic heterocycles. The normalized spacial score (nSPS) is 19.7. The maximum absolute atomic E-state index is 12.9. The van der Waals surface area contributed by atoms with Gasteiger partial charge in [-0.15, -0.1) is 0 Å². The molecule has 1 aliphatic carbocycles. The molecule has 0 bridgehead atoms. The van der Waals surface area contributed by atoms with Gasteiger partial charge in [0, 0.05) is 13.1 Å². The SMILES string of the molecule is COC1=CC2(C=C(OC)C1)CCN(CCCCCCN(C)C)C2=O. The predicted octanol–water partition coefficient (Wildman–Crippen LogP) is 2.79. The molecule has 1 spiro atoms. The van der Waals surface area contributed by atoms with Gasteiger partial charge in [0.05, 0.1) is 26.1 Å². The second-order valence-electron chi connectivity index (χ2n) is 7.11. The Morgan fingerprint density at radius 2 is 1.71 bits per heavy atom. The van der Waals surface area contributed by atoms with Crippen LogP contribution in [-0.4, -0.2) is 63.7 Å². The Bertz CT molecular complexity index is 477. The molecule has 0 aromatic carbocycles. The van der Waals surface area contributed by atoms with Gasteiger partial charge in [0.15, 0.2) is 0 Å². The van der Waals surface area contributed by atoms with Gasteiger partial charge in [-0.1, -0.05) is 12.8 Å². The Labute approximate surface area is 146 Å².